The zero-order valence-electron chi connectivity index (χ0n) is 18.7. The van der Waals surface area contributed by atoms with Gasteiger partial charge in [0.05, 0.1) is 33.8 Å². The van der Waals surface area contributed by atoms with Crippen LogP contribution in [0.25, 0.3) is 28.1 Å². The molecule has 0 saturated heterocycles. The van der Waals surface area contributed by atoms with Crippen molar-refractivity contribution in [1.82, 2.24) is 34.5 Å². The molecule has 0 aliphatic heterocycles. The minimum atomic E-state index is -4.38. The Morgan fingerprint density at radius 1 is 1.03 bits per heavy atom. The summed E-state index contributed by atoms with van der Waals surface area (Å²) < 4.78 is 41.0. The van der Waals surface area contributed by atoms with Gasteiger partial charge in [-0.05, 0) is 56.3 Å². The molecule has 9 nitrogen and oxygen atoms in total. The van der Waals surface area contributed by atoms with Crippen LogP contribution < -0.4 is 11.1 Å². The van der Waals surface area contributed by atoms with Crippen molar-refractivity contribution in [2.75, 3.05) is 11.1 Å². The van der Waals surface area contributed by atoms with Crippen LogP contribution in [-0.4, -0.2) is 40.7 Å². The van der Waals surface area contributed by atoms with Crippen LogP contribution in [0.5, 0.6) is 0 Å². The minimum absolute atomic E-state index is 0.332. The van der Waals surface area contributed by atoms with Crippen molar-refractivity contribution in [1.29, 1.82) is 0 Å². The highest BCUT2D eigenvalue weighted by Crippen LogP contribution is 2.30. The summed E-state index contributed by atoms with van der Waals surface area (Å²) in [6, 6.07) is 12.7. The Bertz CT molecular complexity index is 1520. The maximum Gasteiger partial charge on any atom is 0.408 e. The lowest BCUT2D eigenvalue weighted by atomic mass is 10.1. The van der Waals surface area contributed by atoms with E-state index in [4.69, 9.17) is 5.73 Å². The number of benzene rings is 1. The molecule has 4 heterocycles. The van der Waals surface area contributed by atoms with Gasteiger partial charge in [-0.2, -0.15) is 23.4 Å². The van der Waals surface area contributed by atoms with E-state index in [-0.39, 0.29) is 0 Å². The molecule has 1 aromatic carbocycles. The molecule has 0 bridgehead atoms. The number of nitrogens with zero attached hydrogens (tertiary/aromatic N) is 7. The first-order valence-corrected chi connectivity index (χ1v) is 10.6. The van der Waals surface area contributed by atoms with Crippen LogP contribution in [0.3, 0.4) is 0 Å². The summed E-state index contributed by atoms with van der Waals surface area (Å²) in [7, 11) is 0. The molecule has 0 saturated carbocycles. The standard InChI is InChI=1S/C23H20F3N9/c1-13-3-7-20(32-31-13)29-15-4-6-19-18(9-15)28-12-35(19)21-8-5-17(27)22(30-21)16-10-34(33-14(16)2)11-23(24,25)26/h3-10,12H,11,27H2,1-2H3,(H,29,32). The number of halogens is 3. The van der Waals surface area contributed by atoms with Crippen LogP contribution in [0.4, 0.5) is 30.4 Å². The van der Waals surface area contributed by atoms with Gasteiger partial charge in [-0.3, -0.25) is 9.25 Å². The molecule has 0 fully saturated rings. The number of hydrogen-bond donors (Lipinski definition) is 2. The van der Waals surface area contributed by atoms with E-state index in [1.54, 1.807) is 30.0 Å². The van der Waals surface area contributed by atoms with E-state index in [0.29, 0.717) is 39.8 Å². The number of nitrogens with one attached hydrogen (secondary N) is 1. The zero-order chi connectivity index (χ0) is 24.7. The SMILES string of the molecule is Cc1ccc(Nc2ccc3c(c2)ncn3-c2ccc(N)c(-c3cn(CC(F)(F)F)nc3C)n2)nn1. The summed E-state index contributed by atoms with van der Waals surface area (Å²) in [5, 5.41) is 15.3. The second kappa shape index (κ2) is 8.38. The molecule has 12 heteroatoms. The molecule has 3 N–H and O–H groups in total. The molecule has 5 rings (SSSR count). The van der Waals surface area contributed by atoms with Crippen molar-refractivity contribution in [2.24, 2.45) is 0 Å². The number of anilines is 3. The molecule has 178 valence electrons. The van der Waals surface area contributed by atoms with Gasteiger partial charge in [0.2, 0.25) is 0 Å². The Hall–Kier alpha value is -4.48. The summed E-state index contributed by atoms with van der Waals surface area (Å²) in [4.78, 5) is 9.11. The van der Waals surface area contributed by atoms with Crippen LogP contribution in [0.15, 0.2) is 55.0 Å². The fraction of sp³-hybridized carbons (Fsp3) is 0.174. The first-order valence-electron chi connectivity index (χ1n) is 10.6. The molecule has 0 aliphatic rings. The van der Waals surface area contributed by atoms with E-state index in [0.717, 1.165) is 21.6 Å². The number of alkyl halides is 3. The maximum absolute atomic E-state index is 12.8. The van der Waals surface area contributed by atoms with Crippen LogP contribution in [-0.2, 0) is 6.54 Å². The molecular weight excluding hydrogens is 459 g/mol. The van der Waals surface area contributed by atoms with Crippen molar-refractivity contribution in [3.8, 4) is 17.1 Å². The second-order valence-electron chi connectivity index (χ2n) is 8.05. The first kappa shape index (κ1) is 22.3. The summed E-state index contributed by atoms with van der Waals surface area (Å²) in [6.45, 7) is 2.29. The number of nitrogens with two attached hydrogens (primary N) is 1. The van der Waals surface area contributed by atoms with E-state index in [1.807, 2.05) is 37.3 Å². The average Bonchev–Trinajstić information content (AvgIpc) is 3.37. The summed E-state index contributed by atoms with van der Waals surface area (Å²) in [5.41, 5.74) is 10.8. The minimum Gasteiger partial charge on any atom is -0.397 e. The van der Waals surface area contributed by atoms with E-state index < -0.39 is 12.7 Å². The summed E-state index contributed by atoms with van der Waals surface area (Å²) in [6.07, 6.45) is -1.45. The Balaban J connectivity index is 1.48. The topological polar surface area (TPSA) is 112 Å². The van der Waals surface area contributed by atoms with Crippen molar-refractivity contribution in [3.05, 3.63) is 66.4 Å². The summed E-state index contributed by atoms with van der Waals surface area (Å²) in [5.74, 6) is 1.13. The number of imidazole rings is 1. The summed E-state index contributed by atoms with van der Waals surface area (Å²) >= 11 is 0. The van der Waals surface area contributed by atoms with Gasteiger partial charge in [0, 0.05) is 17.4 Å². The Morgan fingerprint density at radius 3 is 2.60 bits per heavy atom. The highest BCUT2D eigenvalue weighted by atomic mass is 19.4. The molecular formula is C23H20F3N9. The van der Waals surface area contributed by atoms with Crippen molar-refractivity contribution in [3.63, 3.8) is 0 Å². The van der Waals surface area contributed by atoms with Gasteiger partial charge in [-0.15, -0.1) is 5.10 Å². The molecule has 0 radical (unpaired) electrons. The number of hydrogen-bond acceptors (Lipinski definition) is 7. The molecule has 5 aromatic rings. The lowest BCUT2D eigenvalue weighted by Gasteiger charge is -2.09. The third kappa shape index (κ3) is 4.63. The highest BCUT2D eigenvalue weighted by molar-refractivity contribution is 5.82. The van der Waals surface area contributed by atoms with Gasteiger partial charge in [-0.25, -0.2) is 9.97 Å². The molecule has 0 atom stereocenters. The molecule has 0 spiro atoms. The van der Waals surface area contributed by atoms with Crippen molar-refractivity contribution in [2.45, 2.75) is 26.6 Å². The predicted molar refractivity (Wildman–Crippen MR) is 125 cm³/mol. The maximum atomic E-state index is 12.8. The average molecular weight is 479 g/mol. The van der Waals surface area contributed by atoms with E-state index in [1.165, 1.54) is 6.20 Å². The molecule has 35 heavy (non-hydrogen) atoms. The number of rotatable bonds is 5. The van der Waals surface area contributed by atoms with Crippen LogP contribution in [0, 0.1) is 13.8 Å². The number of aryl methyl sites for hydroxylation is 2. The molecule has 0 aliphatic carbocycles. The molecule has 0 amide bonds. The predicted octanol–water partition coefficient (Wildman–Crippen LogP) is 4.58. The second-order valence-corrected chi connectivity index (χ2v) is 8.05. The number of pyridine rings is 1. The quantitative estimate of drug-likeness (QED) is 0.379. The van der Waals surface area contributed by atoms with E-state index >= 15 is 0 Å². The Morgan fingerprint density at radius 2 is 1.86 bits per heavy atom. The van der Waals surface area contributed by atoms with Crippen molar-refractivity contribution < 1.29 is 13.2 Å². The van der Waals surface area contributed by atoms with Gasteiger partial charge >= 0.3 is 6.18 Å². The monoisotopic (exact) mass is 479 g/mol. The van der Waals surface area contributed by atoms with Crippen molar-refractivity contribution >= 4 is 28.2 Å². The van der Waals surface area contributed by atoms with Crippen LogP contribution >= 0.6 is 0 Å². The van der Waals surface area contributed by atoms with Gasteiger partial charge in [0.15, 0.2) is 5.82 Å². The fourth-order valence-corrected chi connectivity index (χ4v) is 3.71. The number of aromatic nitrogens is 7. The zero-order valence-corrected chi connectivity index (χ0v) is 18.7. The number of fused-ring (bicyclic) bond motifs is 1. The lowest BCUT2D eigenvalue weighted by molar-refractivity contribution is -0.142. The third-order valence-electron chi connectivity index (χ3n) is 5.32. The first-order chi connectivity index (χ1) is 16.7. The smallest absolute Gasteiger partial charge is 0.397 e. The lowest BCUT2D eigenvalue weighted by Crippen LogP contribution is -2.17. The van der Waals surface area contributed by atoms with Gasteiger partial charge < -0.3 is 11.1 Å². The number of nitrogen functional groups attached to an aromatic ring is 1. The molecule has 0 unspecified atom stereocenters. The van der Waals surface area contributed by atoms with Crippen LogP contribution in [0.1, 0.15) is 11.4 Å². The molecule has 4 aromatic heterocycles. The van der Waals surface area contributed by atoms with E-state index in [2.05, 4.69) is 30.6 Å². The fourth-order valence-electron chi connectivity index (χ4n) is 3.71. The Kier molecular flexibility index (Phi) is 5.35. The normalized spacial score (nSPS) is 11.8. The largest absolute Gasteiger partial charge is 0.408 e. The van der Waals surface area contributed by atoms with Gasteiger partial charge in [0.25, 0.3) is 0 Å². The van der Waals surface area contributed by atoms with Gasteiger partial charge in [-0.1, -0.05) is 0 Å². The Labute approximate surface area is 197 Å². The third-order valence-corrected chi connectivity index (χ3v) is 5.32. The van der Waals surface area contributed by atoms with Crippen LogP contribution in [0.2, 0.25) is 0 Å². The highest BCUT2D eigenvalue weighted by Gasteiger charge is 2.29. The van der Waals surface area contributed by atoms with Gasteiger partial charge in [0.1, 0.15) is 18.7 Å². The van der Waals surface area contributed by atoms with E-state index in [9.17, 15) is 13.2 Å².